The Bertz CT molecular complexity index is 1480. The Hall–Kier alpha value is -3.18. The molecule has 1 saturated heterocycles. The molecular weight excluding hydrogens is 580 g/mol. The molecule has 1 aromatic heterocycles. The van der Waals surface area contributed by atoms with Crippen molar-refractivity contribution in [2.45, 2.75) is 42.9 Å². The number of aromatic nitrogens is 1. The molecule has 14 heteroatoms. The SMILES string of the molecule is CS(=O)c1ccc(NCC#Cc2cc3c(NC4CCS(=O)CC4)cccc3n2CC(F)(F)F)c(OC(F)(F)F)c1. The van der Waals surface area contributed by atoms with E-state index in [4.69, 9.17) is 0 Å². The van der Waals surface area contributed by atoms with E-state index in [-0.39, 0.29) is 28.9 Å². The number of ether oxygens (including phenoxy) is 1. The van der Waals surface area contributed by atoms with Crippen LogP contribution in [-0.4, -0.2) is 55.9 Å². The molecule has 1 aliphatic heterocycles. The highest BCUT2D eigenvalue weighted by Crippen LogP contribution is 2.33. The molecule has 3 aromatic rings. The highest BCUT2D eigenvalue weighted by Gasteiger charge is 2.32. The van der Waals surface area contributed by atoms with E-state index in [2.05, 4.69) is 27.2 Å². The molecule has 1 fully saturated rings. The highest BCUT2D eigenvalue weighted by atomic mass is 32.2. The number of hydrogen-bond acceptors (Lipinski definition) is 5. The minimum atomic E-state index is -4.99. The van der Waals surface area contributed by atoms with Crippen molar-refractivity contribution < 1.29 is 39.5 Å². The van der Waals surface area contributed by atoms with E-state index >= 15 is 0 Å². The lowest BCUT2D eigenvalue weighted by atomic mass is 10.1. The number of alkyl halides is 6. The van der Waals surface area contributed by atoms with Crippen LogP contribution in [0.5, 0.6) is 5.75 Å². The predicted octanol–water partition coefficient (Wildman–Crippen LogP) is 5.63. The monoisotopic (exact) mass is 605 g/mol. The molecule has 0 radical (unpaired) electrons. The Morgan fingerprint density at radius 1 is 1.07 bits per heavy atom. The van der Waals surface area contributed by atoms with Gasteiger partial charge in [-0.2, -0.15) is 13.2 Å². The smallest absolute Gasteiger partial charge is 0.404 e. The number of anilines is 2. The van der Waals surface area contributed by atoms with Crippen LogP contribution in [-0.2, 0) is 28.1 Å². The first-order valence-electron chi connectivity index (χ1n) is 12.1. The van der Waals surface area contributed by atoms with Gasteiger partial charge in [0.25, 0.3) is 0 Å². The summed E-state index contributed by atoms with van der Waals surface area (Å²) in [5.74, 6) is 5.88. The summed E-state index contributed by atoms with van der Waals surface area (Å²) < 4.78 is 107. The first-order chi connectivity index (χ1) is 18.8. The van der Waals surface area contributed by atoms with Gasteiger partial charge in [0.2, 0.25) is 0 Å². The van der Waals surface area contributed by atoms with E-state index in [1.807, 2.05) is 0 Å². The maximum Gasteiger partial charge on any atom is 0.573 e. The van der Waals surface area contributed by atoms with Crippen molar-refractivity contribution in [1.82, 2.24) is 4.57 Å². The summed E-state index contributed by atoms with van der Waals surface area (Å²) in [5, 5.41) is 6.57. The predicted molar refractivity (Wildman–Crippen MR) is 143 cm³/mol. The second kappa shape index (κ2) is 12.1. The van der Waals surface area contributed by atoms with Gasteiger partial charge in [0.05, 0.1) is 23.4 Å². The first-order valence-corrected chi connectivity index (χ1v) is 15.1. The van der Waals surface area contributed by atoms with Gasteiger partial charge in [0, 0.05) is 61.4 Å². The molecule has 216 valence electrons. The molecule has 40 heavy (non-hydrogen) atoms. The molecule has 1 atom stereocenters. The van der Waals surface area contributed by atoms with E-state index in [0.717, 1.165) is 10.6 Å². The number of nitrogens with zero attached hydrogens (tertiary/aromatic N) is 1. The zero-order valence-corrected chi connectivity index (χ0v) is 22.8. The van der Waals surface area contributed by atoms with Gasteiger partial charge in [-0.05, 0) is 55.2 Å². The zero-order chi connectivity index (χ0) is 29.1. The zero-order valence-electron chi connectivity index (χ0n) is 21.1. The minimum Gasteiger partial charge on any atom is -0.404 e. The Kier molecular flexibility index (Phi) is 9.04. The third-order valence-corrected chi connectivity index (χ3v) is 8.43. The van der Waals surface area contributed by atoms with Crippen molar-refractivity contribution in [1.29, 1.82) is 0 Å². The molecule has 2 N–H and O–H groups in total. The van der Waals surface area contributed by atoms with Crippen LogP contribution >= 0.6 is 0 Å². The lowest BCUT2D eigenvalue weighted by Gasteiger charge is -2.24. The molecule has 1 unspecified atom stereocenters. The molecule has 1 aliphatic rings. The molecular formula is C26H25F6N3O3S2. The number of hydrogen-bond donors (Lipinski definition) is 2. The van der Waals surface area contributed by atoms with Gasteiger partial charge in [0.1, 0.15) is 6.54 Å². The van der Waals surface area contributed by atoms with Gasteiger partial charge in [-0.3, -0.25) is 8.42 Å². The van der Waals surface area contributed by atoms with Gasteiger partial charge in [-0.25, -0.2) is 0 Å². The first kappa shape index (κ1) is 29.8. The standard InChI is InChI=1S/C26H25F6N3O3S2/c1-39(36)19-7-8-22(24(15-19)38-26(30,31)32)33-11-3-4-18-14-20-21(34-17-9-12-40(37)13-10-17)5-2-6-23(20)35(18)16-25(27,28)29/h2,5-8,14-15,17,33-34H,9-13,16H2,1H3. The molecule has 2 heterocycles. The van der Waals surface area contributed by atoms with Crippen LogP contribution in [0.2, 0.25) is 0 Å². The lowest BCUT2D eigenvalue weighted by molar-refractivity contribution is -0.274. The fourth-order valence-electron chi connectivity index (χ4n) is 4.33. The lowest BCUT2D eigenvalue weighted by Crippen LogP contribution is -2.29. The largest absolute Gasteiger partial charge is 0.573 e. The van der Waals surface area contributed by atoms with Crippen molar-refractivity contribution >= 4 is 43.9 Å². The normalized spacial score (nSPS) is 18.6. The summed E-state index contributed by atoms with van der Waals surface area (Å²) >= 11 is 0. The second-order valence-electron chi connectivity index (χ2n) is 9.05. The number of rotatable bonds is 7. The fraction of sp³-hybridized carbons (Fsp3) is 0.385. The maximum absolute atomic E-state index is 13.5. The van der Waals surface area contributed by atoms with Gasteiger partial charge in [0.15, 0.2) is 5.75 Å². The summed E-state index contributed by atoms with van der Waals surface area (Å²) in [6.45, 7) is -1.49. The maximum atomic E-state index is 13.5. The van der Waals surface area contributed by atoms with E-state index in [9.17, 15) is 34.8 Å². The van der Waals surface area contributed by atoms with Crippen LogP contribution in [0.25, 0.3) is 10.9 Å². The molecule has 6 nitrogen and oxygen atoms in total. The van der Waals surface area contributed by atoms with Gasteiger partial charge >= 0.3 is 12.5 Å². The molecule has 0 saturated carbocycles. The van der Waals surface area contributed by atoms with Crippen molar-refractivity contribution in [3.63, 3.8) is 0 Å². The van der Waals surface area contributed by atoms with E-state index in [1.165, 1.54) is 18.4 Å². The van der Waals surface area contributed by atoms with E-state index in [0.29, 0.717) is 40.9 Å². The molecule has 0 amide bonds. The third-order valence-electron chi connectivity index (χ3n) is 6.13. The van der Waals surface area contributed by atoms with Crippen LogP contribution in [0.1, 0.15) is 18.5 Å². The third kappa shape index (κ3) is 7.94. The van der Waals surface area contributed by atoms with Crippen LogP contribution in [0.15, 0.2) is 47.4 Å². The molecule has 4 rings (SSSR count). The number of halogens is 6. The summed E-state index contributed by atoms with van der Waals surface area (Å²) in [5.41, 5.74) is 0.968. The van der Waals surface area contributed by atoms with Crippen LogP contribution in [0, 0.1) is 11.8 Å². The average Bonchev–Trinajstić information content (AvgIpc) is 3.19. The van der Waals surface area contributed by atoms with Crippen LogP contribution < -0.4 is 15.4 Å². The second-order valence-corrected chi connectivity index (χ2v) is 12.1. The molecule has 0 aliphatic carbocycles. The summed E-state index contributed by atoms with van der Waals surface area (Å²) in [6.07, 6.45) is -6.85. The molecule has 0 bridgehead atoms. The summed E-state index contributed by atoms with van der Waals surface area (Å²) in [7, 11) is -2.41. The summed E-state index contributed by atoms with van der Waals surface area (Å²) in [4.78, 5) is 0.124. The fourth-order valence-corrected chi connectivity index (χ4v) is 6.16. The highest BCUT2D eigenvalue weighted by molar-refractivity contribution is 7.85. The van der Waals surface area contributed by atoms with Crippen molar-refractivity contribution in [3.05, 3.63) is 48.2 Å². The number of fused-ring (bicyclic) bond motifs is 1. The minimum absolute atomic E-state index is 0.0395. The molecule has 2 aromatic carbocycles. The van der Waals surface area contributed by atoms with Gasteiger partial charge < -0.3 is 19.9 Å². The van der Waals surface area contributed by atoms with Crippen LogP contribution in [0.4, 0.5) is 37.7 Å². The van der Waals surface area contributed by atoms with Crippen molar-refractivity contribution in [2.24, 2.45) is 0 Å². The van der Waals surface area contributed by atoms with Gasteiger partial charge in [-0.1, -0.05) is 12.0 Å². The van der Waals surface area contributed by atoms with E-state index in [1.54, 1.807) is 24.3 Å². The quantitative estimate of drug-likeness (QED) is 0.270. The Morgan fingerprint density at radius 3 is 2.45 bits per heavy atom. The van der Waals surface area contributed by atoms with Crippen LogP contribution in [0.3, 0.4) is 0 Å². The topological polar surface area (TPSA) is 72.4 Å². The Labute approximate surface area is 231 Å². The van der Waals surface area contributed by atoms with Crippen molar-refractivity contribution in [3.8, 4) is 17.6 Å². The number of benzene rings is 2. The van der Waals surface area contributed by atoms with Gasteiger partial charge in [-0.15, -0.1) is 13.2 Å². The Balaban J connectivity index is 1.60. The van der Waals surface area contributed by atoms with E-state index < -0.39 is 46.4 Å². The van der Waals surface area contributed by atoms with Crippen molar-refractivity contribution in [2.75, 3.05) is 34.9 Å². The Morgan fingerprint density at radius 2 is 1.80 bits per heavy atom. The summed E-state index contributed by atoms with van der Waals surface area (Å²) in [6, 6.07) is 10.2. The molecule has 0 spiro atoms. The number of nitrogens with one attached hydrogen (secondary N) is 2. The average molecular weight is 606 g/mol.